The number of carbonyl (C=O) groups is 1. The number of carbonyl (C=O) groups excluding carboxylic acids is 1. The Kier molecular flexibility index (Phi) is 5.05. The van der Waals surface area contributed by atoms with Crippen LogP contribution < -0.4 is 10.5 Å². The van der Waals surface area contributed by atoms with Gasteiger partial charge in [-0.05, 0) is 26.0 Å². The van der Waals surface area contributed by atoms with E-state index in [-0.39, 0.29) is 11.9 Å². The van der Waals surface area contributed by atoms with Crippen molar-refractivity contribution < 1.29 is 9.53 Å². The fraction of sp³-hybridized carbons (Fsp3) is 0.312. The number of aromatic nitrogens is 2. The molecule has 23 heavy (non-hydrogen) atoms. The number of hydrogen-bond donors (Lipinski definition) is 1. The molecule has 2 aromatic rings. The van der Waals surface area contributed by atoms with Gasteiger partial charge in [-0.2, -0.15) is 0 Å². The normalized spacial score (nSPS) is 11.9. The molecule has 0 saturated heterocycles. The van der Waals surface area contributed by atoms with Crippen molar-refractivity contribution in [3.05, 3.63) is 46.2 Å². The van der Waals surface area contributed by atoms with E-state index in [1.807, 2.05) is 12.1 Å². The average Bonchev–Trinajstić information content (AvgIpc) is 2.48. The van der Waals surface area contributed by atoms with E-state index in [2.05, 4.69) is 9.97 Å². The lowest BCUT2D eigenvalue weighted by Gasteiger charge is -2.20. The SMILES string of the molecule is Cc1nc(N)nc(C(C)Oc2ccccc2Cl)c1C(=O)N(C)C. The van der Waals surface area contributed by atoms with Crippen molar-refractivity contribution in [3.63, 3.8) is 0 Å². The highest BCUT2D eigenvalue weighted by atomic mass is 35.5. The molecule has 2 N–H and O–H groups in total. The van der Waals surface area contributed by atoms with Crippen LogP contribution >= 0.6 is 11.6 Å². The first-order valence-electron chi connectivity index (χ1n) is 7.08. The summed E-state index contributed by atoms with van der Waals surface area (Å²) in [6.07, 6.45) is -0.516. The number of aryl methyl sites for hydroxylation is 1. The Bertz CT molecular complexity index is 734. The second-order valence-electron chi connectivity index (χ2n) is 5.32. The van der Waals surface area contributed by atoms with E-state index in [0.29, 0.717) is 27.7 Å². The van der Waals surface area contributed by atoms with Crippen LogP contribution in [0, 0.1) is 6.92 Å². The molecular weight excluding hydrogens is 316 g/mol. The lowest BCUT2D eigenvalue weighted by atomic mass is 10.1. The van der Waals surface area contributed by atoms with Crippen LogP contribution in [0.4, 0.5) is 5.95 Å². The maximum absolute atomic E-state index is 12.4. The van der Waals surface area contributed by atoms with E-state index in [0.717, 1.165) is 0 Å². The quantitative estimate of drug-likeness (QED) is 0.929. The Morgan fingerprint density at radius 3 is 2.57 bits per heavy atom. The van der Waals surface area contributed by atoms with Crippen LogP contribution in [0.5, 0.6) is 5.75 Å². The third-order valence-electron chi connectivity index (χ3n) is 3.28. The Morgan fingerprint density at radius 2 is 1.96 bits per heavy atom. The molecule has 7 heteroatoms. The molecule has 0 aliphatic carbocycles. The molecule has 1 amide bonds. The molecule has 0 saturated carbocycles. The van der Waals surface area contributed by atoms with Crippen LogP contribution in [0.1, 0.15) is 34.8 Å². The molecule has 1 atom stereocenters. The predicted molar refractivity (Wildman–Crippen MR) is 89.7 cm³/mol. The highest BCUT2D eigenvalue weighted by Gasteiger charge is 2.24. The summed E-state index contributed by atoms with van der Waals surface area (Å²) in [5, 5.41) is 0.485. The van der Waals surface area contributed by atoms with Crippen molar-refractivity contribution in [2.45, 2.75) is 20.0 Å². The van der Waals surface area contributed by atoms with Gasteiger partial charge in [0.2, 0.25) is 5.95 Å². The number of anilines is 1. The zero-order chi connectivity index (χ0) is 17.1. The molecule has 1 unspecified atom stereocenters. The van der Waals surface area contributed by atoms with Crippen molar-refractivity contribution in [1.82, 2.24) is 14.9 Å². The number of benzene rings is 1. The zero-order valence-corrected chi connectivity index (χ0v) is 14.3. The minimum Gasteiger partial charge on any atom is -0.483 e. The lowest BCUT2D eigenvalue weighted by Crippen LogP contribution is -2.27. The van der Waals surface area contributed by atoms with Crippen LogP contribution in [0.25, 0.3) is 0 Å². The monoisotopic (exact) mass is 334 g/mol. The summed E-state index contributed by atoms with van der Waals surface area (Å²) in [7, 11) is 3.34. The molecule has 0 bridgehead atoms. The molecule has 0 radical (unpaired) electrons. The third-order valence-corrected chi connectivity index (χ3v) is 3.59. The van der Waals surface area contributed by atoms with Gasteiger partial charge in [0.1, 0.15) is 11.9 Å². The van der Waals surface area contributed by atoms with Gasteiger partial charge in [-0.3, -0.25) is 4.79 Å². The van der Waals surface area contributed by atoms with E-state index < -0.39 is 6.10 Å². The van der Waals surface area contributed by atoms with Gasteiger partial charge in [-0.25, -0.2) is 9.97 Å². The summed E-state index contributed by atoms with van der Waals surface area (Å²) < 4.78 is 5.86. The number of nitrogen functional groups attached to an aromatic ring is 1. The molecule has 1 heterocycles. The second kappa shape index (κ2) is 6.83. The molecule has 0 spiro atoms. The maximum Gasteiger partial charge on any atom is 0.257 e. The Balaban J connectivity index is 2.45. The summed E-state index contributed by atoms with van der Waals surface area (Å²) in [6, 6.07) is 7.12. The lowest BCUT2D eigenvalue weighted by molar-refractivity contribution is 0.0820. The maximum atomic E-state index is 12.4. The van der Waals surface area contributed by atoms with E-state index in [4.69, 9.17) is 22.1 Å². The Labute approximate surface area is 140 Å². The van der Waals surface area contributed by atoms with Crippen molar-refractivity contribution in [2.75, 3.05) is 19.8 Å². The third kappa shape index (κ3) is 3.71. The highest BCUT2D eigenvalue weighted by Crippen LogP contribution is 2.30. The van der Waals surface area contributed by atoms with Gasteiger partial charge in [0, 0.05) is 14.1 Å². The van der Waals surface area contributed by atoms with E-state index in [9.17, 15) is 4.79 Å². The molecule has 0 aliphatic heterocycles. The van der Waals surface area contributed by atoms with Gasteiger partial charge in [-0.15, -0.1) is 0 Å². The average molecular weight is 335 g/mol. The zero-order valence-electron chi connectivity index (χ0n) is 13.5. The number of para-hydroxylation sites is 1. The number of amides is 1. The first-order chi connectivity index (χ1) is 10.8. The minimum absolute atomic E-state index is 0.0995. The molecule has 2 rings (SSSR count). The molecule has 0 fully saturated rings. The van der Waals surface area contributed by atoms with Gasteiger partial charge in [0.15, 0.2) is 0 Å². The topological polar surface area (TPSA) is 81.3 Å². The fourth-order valence-corrected chi connectivity index (χ4v) is 2.37. The molecule has 122 valence electrons. The van der Waals surface area contributed by atoms with Gasteiger partial charge in [-0.1, -0.05) is 23.7 Å². The standard InChI is InChI=1S/C16H19ClN4O2/c1-9-13(15(22)21(3)4)14(20-16(18)19-9)10(2)23-12-8-6-5-7-11(12)17/h5-8,10H,1-4H3,(H2,18,19,20). The minimum atomic E-state index is -0.516. The first-order valence-corrected chi connectivity index (χ1v) is 7.46. The van der Waals surface area contributed by atoms with Crippen molar-refractivity contribution in [1.29, 1.82) is 0 Å². The van der Waals surface area contributed by atoms with Crippen LogP contribution in [-0.2, 0) is 0 Å². The van der Waals surface area contributed by atoms with E-state index in [1.165, 1.54) is 4.90 Å². The van der Waals surface area contributed by atoms with Gasteiger partial charge in [0.05, 0.1) is 22.0 Å². The number of nitrogens with zero attached hydrogens (tertiary/aromatic N) is 3. The smallest absolute Gasteiger partial charge is 0.257 e. The predicted octanol–water partition coefficient (Wildman–Crippen LogP) is 2.86. The van der Waals surface area contributed by atoms with E-state index in [1.54, 1.807) is 40.1 Å². The summed E-state index contributed by atoms with van der Waals surface area (Å²) in [5.41, 5.74) is 7.08. The van der Waals surface area contributed by atoms with Crippen molar-refractivity contribution >= 4 is 23.5 Å². The summed E-state index contributed by atoms with van der Waals surface area (Å²) in [6.45, 7) is 3.51. The summed E-state index contributed by atoms with van der Waals surface area (Å²) >= 11 is 6.11. The number of ether oxygens (including phenoxy) is 1. The second-order valence-corrected chi connectivity index (χ2v) is 5.72. The molecule has 1 aromatic heterocycles. The number of nitrogens with two attached hydrogens (primary N) is 1. The number of halogens is 1. The summed E-state index contributed by atoms with van der Waals surface area (Å²) in [5.74, 6) is 0.411. The Morgan fingerprint density at radius 1 is 1.30 bits per heavy atom. The molecule has 6 nitrogen and oxygen atoms in total. The van der Waals surface area contributed by atoms with E-state index >= 15 is 0 Å². The highest BCUT2D eigenvalue weighted by molar-refractivity contribution is 6.32. The van der Waals surface area contributed by atoms with Crippen molar-refractivity contribution in [3.8, 4) is 5.75 Å². The fourth-order valence-electron chi connectivity index (χ4n) is 2.19. The van der Waals surface area contributed by atoms with Crippen LogP contribution in [0.15, 0.2) is 24.3 Å². The van der Waals surface area contributed by atoms with Gasteiger partial charge < -0.3 is 15.4 Å². The van der Waals surface area contributed by atoms with Crippen LogP contribution in [0.2, 0.25) is 5.02 Å². The van der Waals surface area contributed by atoms with Crippen LogP contribution in [-0.4, -0.2) is 34.9 Å². The first kappa shape index (κ1) is 17.0. The van der Waals surface area contributed by atoms with Crippen LogP contribution in [0.3, 0.4) is 0 Å². The molecule has 1 aromatic carbocycles. The molecule has 0 aliphatic rings. The van der Waals surface area contributed by atoms with Gasteiger partial charge in [0.25, 0.3) is 5.91 Å². The van der Waals surface area contributed by atoms with Gasteiger partial charge >= 0.3 is 0 Å². The summed E-state index contributed by atoms with van der Waals surface area (Å²) in [4.78, 5) is 22.2. The molecular formula is C16H19ClN4O2. The number of hydrogen-bond acceptors (Lipinski definition) is 5. The largest absolute Gasteiger partial charge is 0.483 e. The Hall–Kier alpha value is -2.34. The number of rotatable bonds is 4. The van der Waals surface area contributed by atoms with Crippen molar-refractivity contribution in [2.24, 2.45) is 0 Å².